The minimum absolute atomic E-state index is 0.0643. The highest BCUT2D eigenvalue weighted by molar-refractivity contribution is 6.02. The summed E-state index contributed by atoms with van der Waals surface area (Å²) in [7, 11) is 0. The molecule has 6 heteroatoms. The van der Waals surface area contributed by atoms with E-state index in [0.29, 0.717) is 5.69 Å². The van der Waals surface area contributed by atoms with Crippen LogP contribution < -0.4 is 10.6 Å². The number of nitrogens with one attached hydrogen (secondary N) is 2. The van der Waals surface area contributed by atoms with Crippen LogP contribution in [0, 0.1) is 0 Å². The van der Waals surface area contributed by atoms with Crippen LogP contribution in [-0.4, -0.2) is 24.4 Å². The highest BCUT2D eigenvalue weighted by Gasteiger charge is 2.19. The summed E-state index contributed by atoms with van der Waals surface area (Å²) in [4.78, 5) is 35.9. The maximum Gasteiger partial charge on any atom is 0.308 e. The number of carbonyl (C=O) groups is 3. The lowest BCUT2D eigenvalue weighted by Crippen LogP contribution is -2.29. The average Bonchev–Trinajstić information content (AvgIpc) is 2.72. The molecule has 148 valence electrons. The smallest absolute Gasteiger partial charge is 0.308 e. The van der Waals surface area contributed by atoms with Crippen molar-refractivity contribution >= 4 is 34.2 Å². The third kappa shape index (κ3) is 5.65. The number of benzene rings is 3. The first-order valence-corrected chi connectivity index (χ1v) is 9.28. The molecule has 3 aromatic rings. The summed E-state index contributed by atoms with van der Waals surface area (Å²) >= 11 is 0. The molecule has 0 aromatic heterocycles. The van der Waals surface area contributed by atoms with Crippen LogP contribution in [0.4, 0.5) is 5.69 Å². The van der Waals surface area contributed by atoms with E-state index < -0.39 is 24.5 Å². The first-order valence-electron chi connectivity index (χ1n) is 9.28. The van der Waals surface area contributed by atoms with Gasteiger partial charge < -0.3 is 15.4 Å². The molecule has 0 aliphatic heterocycles. The molecule has 2 N–H and O–H groups in total. The maximum atomic E-state index is 12.2. The molecular weight excluding hydrogens is 368 g/mol. The van der Waals surface area contributed by atoms with Crippen molar-refractivity contribution in [3.05, 3.63) is 78.4 Å². The standard InChI is InChI=1S/C23H22N2O4/c1-16(26)24-21(18-9-3-2-4-10-18)14-23(28)29-15-22(27)25-20-13-7-11-17-8-5-6-12-19(17)20/h2-13,21H,14-15H2,1H3,(H,24,26)(H,25,27)/t21-/m1/s1. The van der Waals surface area contributed by atoms with Gasteiger partial charge in [-0.05, 0) is 17.0 Å². The highest BCUT2D eigenvalue weighted by Crippen LogP contribution is 2.23. The van der Waals surface area contributed by atoms with E-state index in [1.165, 1.54) is 6.92 Å². The van der Waals surface area contributed by atoms with Crippen LogP contribution in [0.5, 0.6) is 0 Å². The molecule has 6 nitrogen and oxygen atoms in total. The van der Waals surface area contributed by atoms with Crippen molar-refractivity contribution in [3.63, 3.8) is 0 Å². The Labute approximate surface area is 168 Å². The summed E-state index contributed by atoms with van der Waals surface area (Å²) in [5.41, 5.74) is 1.45. The SMILES string of the molecule is CC(=O)N[C@H](CC(=O)OCC(=O)Nc1cccc2ccccc12)c1ccccc1. The Bertz CT molecular complexity index is 1010. The fraction of sp³-hybridized carbons (Fsp3) is 0.174. The lowest BCUT2D eigenvalue weighted by molar-refractivity contribution is -0.148. The van der Waals surface area contributed by atoms with Gasteiger partial charge in [0.1, 0.15) is 0 Å². The number of carbonyl (C=O) groups excluding carboxylic acids is 3. The summed E-state index contributed by atoms with van der Waals surface area (Å²) in [6, 6.07) is 21.9. The molecule has 0 aliphatic rings. The van der Waals surface area contributed by atoms with Gasteiger partial charge in [-0.25, -0.2) is 0 Å². The van der Waals surface area contributed by atoms with Gasteiger partial charge in [-0.3, -0.25) is 14.4 Å². The lowest BCUT2D eigenvalue weighted by atomic mass is 10.0. The van der Waals surface area contributed by atoms with Crippen LogP contribution in [0.2, 0.25) is 0 Å². The number of anilines is 1. The second-order valence-electron chi connectivity index (χ2n) is 6.60. The van der Waals surface area contributed by atoms with E-state index in [1.807, 2.05) is 66.7 Å². The monoisotopic (exact) mass is 390 g/mol. The first kappa shape index (κ1) is 20.1. The number of esters is 1. The van der Waals surface area contributed by atoms with Crippen molar-refractivity contribution in [2.24, 2.45) is 0 Å². The second-order valence-corrected chi connectivity index (χ2v) is 6.60. The summed E-state index contributed by atoms with van der Waals surface area (Å²) in [6.45, 7) is 0.989. The van der Waals surface area contributed by atoms with Crippen molar-refractivity contribution in [1.82, 2.24) is 5.32 Å². The van der Waals surface area contributed by atoms with Crippen molar-refractivity contribution < 1.29 is 19.1 Å². The Hall–Kier alpha value is -3.67. The summed E-state index contributed by atoms with van der Waals surface area (Å²) in [6.07, 6.45) is -0.0643. The number of ether oxygens (including phenoxy) is 1. The van der Waals surface area contributed by atoms with Crippen LogP contribution in [-0.2, 0) is 19.1 Å². The molecule has 0 bridgehead atoms. The Morgan fingerprint density at radius 1 is 0.897 bits per heavy atom. The van der Waals surface area contributed by atoms with Gasteiger partial charge in [-0.2, -0.15) is 0 Å². The van der Waals surface area contributed by atoms with Crippen LogP contribution >= 0.6 is 0 Å². The Kier molecular flexibility index (Phi) is 6.58. The van der Waals surface area contributed by atoms with Crippen LogP contribution in [0.15, 0.2) is 72.8 Å². The largest absolute Gasteiger partial charge is 0.455 e. The van der Waals surface area contributed by atoms with Gasteiger partial charge in [0.2, 0.25) is 5.91 Å². The molecule has 0 unspecified atom stereocenters. The van der Waals surface area contributed by atoms with Gasteiger partial charge in [0.25, 0.3) is 5.91 Å². The van der Waals surface area contributed by atoms with Crippen molar-refractivity contribution in [3.8, 4) is 0 Å². The average molecular weight is 390 g/mol. The predicted molar refractivity (Wildman–Crippen MR) is 111 cm³/mol. The number of hydrogen-bond acceptors (Lipinski definition) is 4. The molecule has 3 aromatic carbocycles. The Balaban J connectivity index is 1.57. The third-order valence-electron chi connectivity index (χ3n) is 4.38. The molecule has 0 spiro atoms. The molecular formula is C23H22N2O4. The highest BCUT2D eigenvalue weighted by atomic mass is 16.5. The molecule has 2 amide bonds. The van der Waals surface area contributed by atoms with Crippen LogP contribution in [0.25, 0.3) is 10.8 Å². The Morgan fingerprint density at radius 2 is 1.59 bits per heavy atom. The van der Waals surface area contributed by atoms with Crippen LogP contribution in [0.3, 0.4) is 0 Å². The normalized spacial score (nSPS) is 11.5. The fourth-order valence-corrected chi connectivity index (χ4v) is 3.08. The molecule has 29 heavy (non-hydrogen) atoms. The molecule has 0 fully saturated rings. The summed E-state index contributed by atoms with van der Waals surface area (Å²) < 4.78 is 5.12. The van der Waals surface area contributed by atoms with Gasteiger partial charge >= 0.3 is 5.97 Å². The third-order valence-corrected chi connectivity index (χ3v) is 4.38. The minimum Gasteiger partial charge on any atom is -0.455 e. The van der Waals surface area contributed by atoms with Gasteiger partial charge in [0, 0.05) is 18.0 Å². The number of rotatable bonds is 7. The van der Waals surface area contributed by atoms with Crippen molar-refractivity contribution in [1.29, 1.82) is 0 Å². The van der Waals surface area contributed by atoms with E-state index in [9.17, 15) is 14.4 Å². The zero-order valence-electron chi connectivity index (χ0n) is 16.1. The molecule has 0 radical (unpaired) electrons. The molecule has 3 rings (SSSR count). The number of fused-ring (bicyclic) bond motifs is 1. The molecule has 0 saturated carbocycles. The zero-order valence-corrected chi connectivity index (χ0v) is 16.1. The summed E-state index contributed by atoms with van der Waals surface area (Å²) in [5, 5.41) is 7.42. The number of hydrogen-bond donors (Lipinski definition) is 2. The Morgan fingerprint density at radius 3 is 2.34 bits per heavy atom. The fourth-order valence-electron chi connectivity index (χ4n) is 3.08. The van der Waals surface area contributed by atoms with Crippen LogP contribution in [0.1, 0.15) is 24.9 Å². The second kappa shape index (κ2) is 9.50. The molecule has 0 aliphatic carbocycles. The lowest BCUT2D eigenvalue weighted by Gasteiger charge is -2.17. The topological polar surface area (TPSA) is 84.5 Å². The van der Waals surface area contributed by atoms with E-state index >= 15 is 0 Å². The molecule has 1 atom stereocenters. The van der Waals surface area contributed by atoms with Gasteiger partial charge in [0.05, 0.1) is 12.5 Å². The zero-order chi connectivity index (χ0) is 20.6. The van der Waals surface area contributed by atoms with Crippen molar-refractivity contribution in [2.45, 2.75) is 19.4 Å². The first-order chi connectivity index (χ1) is 14.0. The van der Waals surface area contributed by atoms with Crippen molar-refractivity contribution in [2.75, 3.05) is 11.9 Å². The van der Waals surface area contributed by atoms with E-state index in [-0.39, 0.29) is 12.3 Å². The maximum absolute atomic E-state index is 12.2. The van der Waals surface area contributed by atoms with Gasteiger partial charge in [-0.15, -0.1) is 0 Å². The summed E-state index contributed by atoms with van der Waals surface area (Å²) in [5.74, 6) is -1.24. The van der Waals surface area contributed by atoms with E-state index in [2.05, 4.69) is 10.6 Å². The molecule has 0 heterocycles. The van der Waals surface area contributed by atoms with E-state index in [4.69, 9.17) is 4.74 Å². The quantitative estimate of drug-likeness (QED) is 0.604. The van der Waals surface area contributed by atoms with Gasteiger partial charge in [0.15, 0.2) is 6.61 Å². The van der Waals surface area contributed by atoms with Gasteiger partial charge in [-0.1, -0.05) is 66.7 Å². The predicted octanol–water partition coefficient (Wildman–Crippen LogP) is 3.59. The minimum atomic E-state index is -0.569. The molecule has 0 saturated heterocycles. The number of amides is 2. The van der Waals surface area contributed by atoms with E-state index in [0.717, 1.165) is 16.3 Å². The van der Waals surface area contributed by atoms with E-state index in [1.54, 1.807) is 6.07 Å².